The number of amides is 1. The van der Waals surface area contributed by atoms with Crippen LogP contribution in [-0.4, -0.2) is 17.5 Å². The SMILES string of the molecule is CC(C)(C)C.O=C1COc2cccnc2N1. The van der Waals surface area contributed by atoms with E-state index in [1.807, 2.05) is 0 Å². The van der Waals surface area contributed by atoms with E-state index in [-0.39, 0.29) is 12.5 Å². The predicted octanol–water partition coefficient (Wildman–Crippen LogP) is 2.46. The minimum Gasteiger partial charge on any atom is -0.480 e. The van der Waals surface area contributed by atoms with Gasteiger partial charge in [0.2, 0.25) is 0 Å². The number of anilines is 1. The molecular formula is C12H18N2O2. The van der Waals surface area contributed by atoms with Gasteiger partial charge >= 0.3 is 0 Å². The van der Waals surface area contributed by atoms with Crippen molar-refractivity contribution in [3.63, 3.8) is 0 Å². The van der Waals surface area contributed by atoms with Crippen molar-refractivity contribution >= 4 is 11.7 Å². The topological polar surface area (TPSA) is 51.2 Å². The molecule has 4 heteroatoms. The molecule has 0 saturated carbocycles. The van der Waals surface area contributed by atoms with Crippen molar-refractivity contribution in [2.24, 2.45) is 5.41 Å². The highest BCUT2D eigenvalue weighted by atomic mass is 16.5. The van der Waals surface area contributed by atoms with Gasteiger partial charge in [-0.15, -0.1) is 0 Å². The molecule has 1 amide bonds. The highest BCUT2D eigenvalue weighted by Gasteiger charge is 2.15. The summed E-state index contributed by atoms with van der Waals surface area (Å²) in [7, 11) is 0. The Kier molecular flexibility index (Phi) is 3.88. The van der Waals surface area contributed by atoms with Crippen LogP contribution in [0.25, 0.3) is 0 Å². The number of carbonyl (C=O) groups excluding carboxylic acids is 1. The smallest absolute Gasteiger partial charge is 0.263 e. The van der Waals surface area contributed by atoms with Crippen LogP contribution in [-0.2, 0) is 4.79 Å². The lowest BCUT2D eigenvalue weighted by atomic mass is 10.0. The number of hydrogen-bond donors (Lipinski definition) is 1. The molecule has 1 aromatic rings. The van der Waals surface area contributed by atoms with Crippen LogP contribution >= 0.6 is 0 Å². The summed E-state index contributed by atoms with van der Waals surface area (Å²) in [6.07, 6.45) is 1.60. The van der Waals surface area contributed by atoms with Gasteiger partial charge in [0.15, 0.2) is 18.2 Å². The maximum Gasteiger partial charge on any atom is 0.263 e. The molecule has 4 nitrogen and oxygen atoms in total. The Morgan fingerprint density at radius 2 is 2.00 bits per heavy atom. The van der Waals surface area contributed by atoms with Crippen LogP contribution in [0.5, 0.6) is 5.75 Å². The number of aromatic nitrogens is 1. The van der Waals surface area contributed by atoms with Crippen molar-refractivity contribution in [1.29, 1.82) is 0 Å². The van der Waals surface area contributed by atoms with E-state index in [0.717, 1.165) is 0 Å². The Bertz CT molecular complexity index is 364. The largest absolute Gasteiger partial charge is 0.480 e. The summed E-state index contributed by atoms with van der Waals surface area (Å²) in [5.74, 6) is 0.979. The average Bonchev–Trinajstić information content (AvgIpc) is 2.15. The third-order valence-electron chi connectivity index (χ3n) is 1.39. The summed E-state index contributed by atoms with van der Waals surface area (Å²) in [6.45, 7) is 8.83. The summed E-state index contributed by atoms with van der Waals surface area (Å²) < 4.78 is 5.06. The Morgan fingerprint density at radius 3 is 2.62 bits per heavy atom. The number of nitrogens with zero attached hydrogens (tertiary/aromatic N) is 1. The van der Waals surface area contributed by atoms with E-state index in [2.05, 4.69) is 38.0 Å². The maximum absolute atomic E-state index is 10.7. The first-order chi connectivity index (χ1) is 7.36. The van der Waals surface area contributed by atoms with Crippen LogP contribution in [0.2, 0.25) is 0 Å². The standard InChI is InChI=1S/C7H6N2O2.C5H12/c10-6-4-11-5-2-1-3-8-7(5)9-6;1-5(2,3)4/h1-3H,4H2,(H,8,9,10);1-4H3. The molecule has 16 heavy (non-hydrogen) atoms. The minimum absolute atomic E-state index is 0.0820. The first-order valence-electron chi connectivity index (χ1n) is 5.24. The number of hydrogen-bond acceptors (Lipinski definition) is 3. The Morgan fingerprint density at radius 1 is 1.38 bits per heavy atom. The first kappa shape index (κ1) is 12.5. The van der Waals surface area contributed by atoms with Gasteiger partial charge in [0.1, 0.15) is 0 Å². The van der Waals surface area contributed by atoms with Gasteiger partial charge in [0.25, 0.3) is 5.91 Å². The van der Waals surface area contributed by atoms with Crippen molar-refractivity contribution < 1.29 is 9.53 Å². The number of carbonyl (C=O) groups is 1. The van der Waals surface area contributed by atoms with E-state index in [0.29, 0.717) is 17.0 Å². The van der Waals surface area contributed by atoms with Crippen molar-refractivity contribution in [3.05, 3.63) is 18.3 Å². The lowest BCUT2D eigenvalue weighted by Gasteiger charge is -2.15. The average molecular weight is 222 g/mol. The van der Waals surface area contributed by atoms with Crippen LogP contribution < -0.4 is 10.1 Å². The molecule has 88 valence electrons. The molecule has 0 aromatic carbocycles. The van der Waals surface area contributed by atoms with Crippen LogP contribution in [0.3, 0.4) is 0 Å². The lowest BCUT2D eigenvalue weighted by Crippen LogP contribution is -2.25. The second-order valence-corrected chi connectivity index (χ2v) is 5.19. The van der Waals surface area contributed by atoms with E-state index in [1.165, 1.54) is 0 Å². The van der Waals surface area contributed by atoms with Gasteiger partial charge in [-0.3, -0.25) is 4.79 Å². The molecule has 1 aliphatic rings. The van der Waals surface area contributed by atoms with Gasteiger partial charge < -0.3 is 10.1 Å². The molecule has 0 aliphatic carbocycles. The fraction of sp³-hybridized carbons (Fsp3) is 0.500. The highest BCUT2D eigenvalue weighted by Crippen LogP contribution is 2.23. The molecule has 0 unspecified atom stereocenters. The van der Waals surface area contributed by atoms with E-state index in [4.69, 9.17) is 4.74 Å². The number of rotatable bonds is 0. The third kappa shape index (κ3) is 4.77. The van der Waals surface area contributed by atoms with Gasteiger partial charge in [0, 0.05) is 6.20 Å². The number of fused-ring (bicyclic) bond motifs is 1. The fourth-order valence-electron chi connectivity index (χ4n) is 0.912. The van der Waals surface area contributed by atoms with Gasteiger partial charge in [-0.25, -0.2) is 4.98 Å². The summed E-state index contributed by atoms with van der Waals surface area (Å²) in [5, 5.41) is 2.58. The van der Waals surface area contributed by atoms with Crippen molar-refractivity contribution in [1.82, 2.24) is 4.98 Å². The highest BCUT2D eigenvalue weighted by molar-refractivity contribution is 5.94. The number of pyridine rings is 1. The van der Waals surface area contributed by atoms with E-state index >= 15 is 0 Å². The van der Waals surface area contributed by atoms with Gasteiger partial charge in [-0.2, -0.15) is 0 Å². The molecule has 0 bridgehead atoms. The molecule has 0 spiro atoms. The summed E-state index contributed by atoms with van der Waals surface area (Å²) in [4.78, 5) is 14.7. The van der Waals surface area contributed by atoms with E-state index in [1.54, 1.807) is 18.3 Å². The Labute approximate surface area is 96.0 Å². The Hall–Kier alpha value is -1.58. The van der Waals surface area contributed by atoms with Gasteiger partial charge in [-0.1, -0.05) is 27.7 Å². The van der Waals surface area contributed by atoms with E-state index < -0.39 is 0 Å². The second-order valence-electron chi connectivity index (χ2n) is 5.19. The molecule has 1 aromatic heterocycles. The first-order valence-corrected chi connectivity index (χ1v) is 5.24. The second kappa shape index (κ2) is 4.96. The molecule has 0 fully saturated rings. The molecule has 1 N–H and O–H groups in total. The zero-order valence-electron chi connectivity index (χ0n) is 10.2. The fourth-order valence-corrected chi connectivity index (χ4v) is 0.912. The minimum atomic E-state index is -0.156. The maximum atomic E-state index is 10.7. The van der Waals surface area contributed by atoms with Gasteiger partial charge in [-0.05, 0) is 17.5 Å². The zero-order chi connectivity index (χ0) is 12.2. The number of ether oxygens (including phenoxy) is 1. The molecule has 1 aliphatic heterocycles. The molecule has 2 heterocycles. The molecule has 0 atom stereocenters. The van der Waals surface area contributed by atoms with Crippen LogP contribution in [0, 0.1) is 5.41 Å². The summed E-state index contributed by atoms with van der Waals surface area (Å²) in [5.41, 5.74) is 0.500. The van der Waals surface area contributed by atoms with Crippen molar-refractivity contribution in [2.75, 3.05) is 11.9 Å². The zero-order valence-corrected chi connectivity index (χ0v) is 10.2. The van der Waals surface area contributed by atoms with Gasteiger partial charge in [0.05, 0.1) is 0 Å². The molecular weight excluding hydrogens is 204 g/mol. The summed E-state index contributed by atoms with van der Waals surface area (Å²) >= 11 is 0. The third-order valence-corrected chi connectivity index (χ3v) is 1.39. The predicted molar refractivity (Wildman–Crippen MR) is 63.5 cm³/mol. The molecule has 0 radical (unpaired) electrons. The molecule has 0 saturated heterocycles. The van der Waals surface area contributed by atoms with Crippen molar-refractivity contribution in [2.45, 2.75) is 27.7 Å². The van der Waals surface area contributed by atoms with Crippen LogP contribution in [0.1, 0.15) is 27.7 Å². The van der Waals surface area contributed by atoms with Crippen molar-refractivity contribution in [3.8, 4) is 5.75 Å². The Balaban J connectivity index is 0.000000221. The normalized spacial score (nSPS) is 13.9. The van der Waals surface area contributed by atoms with Crippen LogP contribution in [0.15, 0.2) is 18.3 Å². The van der Waals surface area contributed by atoms with E-state index in [9.17, 15) is 4.79 Å². The number of nitrogens with one attached hydrogen (secondary N) is 1. The quantitative estimate of drug-likeness (QED) is 0.733. The van der Waals surface area contributed by atoms with Crippen LogP contribution in [0.4, 0.5) is 5.82 Å². The molecule has 2 rings (SSSR count). The monoisotopic (exact) mass is 222 g/mol. The summed E-state index contributed by atoms with van der Waals surface area (Å²) in [6, 6.07) is 3.53. The lowest BCUT2D eigenvalue weighted by molar-refractivity contribution is -0.118.